The molecule has 0 saturated carbocycles. The summed E-state index contributed by atoms with van der Waals surface area (Å²) in [5.41, 5.74) is 10.5. The number of hydrogen-bond acceptors (Lipinski definition) is 5. The molecule has 0 rings (SSSR count). The van der Waals surface area contributed by atoms with Gasteiger partial charge in [-0.3, -0.25) is 24.0 Å². The zero-order chi connectivity index (χ0) is 22.2. The van der Waals surface area contributed by atoms with Crippen LogP contribution in [0, 0.1) is 10.8 Å². The summed E-state index contributed by atoms with van der Waals surface area (Å²) in [6.45, 7) is 8.06. The summed E-state index contributed by atoms with van der Waals surface area (Å²) in [6.07, 6.45) is 6.79. The maximum absolute atomic E-state index is 12.2. The Morgan fingerprint density at radius 3 is 1.46 bits per heavy atom. The minimum Gasteiger partial charge on any atom is -0.363 e. The molecule has 0 heterocycles. The molecule has 0 radical (unpaired) electrons. The van der Waals surface area contributed by atoms with Gasteiger partial charge in [0.05, 0.1) is 7.26 Å². The summed E-state index contributed by atoms with van der Waals surface area (Å²) < 4.78 is 35.7. The van der Waals surface area contributed by atoms with Crippen molar-refractivity contribution in [3.8, 4) is 0 Å². The first-order valence-electron chi connectivity index (χ1n) is 9.45. The molecule has 0 aromatic rings. The van der Waals surface area contributed by atoms with Gasteiger partial charge < -0.3 is 9.79 Å². The maximum atomic E-state index is 12.2. The molecule has 0 aliphatic rings. The van der Waals surface area contributed by atoms with E-state index < -0.39 is 36.4 Å². The van der Waals surface area contributed by atoms with Crippen LogP contribution in [0.5, 0.6) is 0 Å². The number of rotatable bonds is 15. The largest absolute Gasteiger partial charge is 0.363 e. The first kappa shape index (κ1) is 28.7. The zero-order valence-corrected chi connectivity index (χ0v) is 21.2. The van der Waals surface area contributed by atoms with E-state index >= 15 is 0 Å². The fraction of sp³-hybridized carbons (Fsp3) is 0.941. The van der Waals surface area contributed by atoms with E-state index in [1.165, 1.54) is 0 Å². The van der Waals surface area contributed by atoms with E-state index in [0.717, 1.165) is 12.8 Å². The van der Waals surface area contributed by atoms with E-state index in [9.17, 15) is 22.8 Å². The minimum atomic E-state index is -3.51. The highest BCUT2D eigenvalue weighted by molar-refractivity contribution is 7.88. The molecule has 0 spiro atoms. The molecule has 0 aliphatic heterocycles. The fourth-order valence-electron chi connectivity index (χ4n) is 2.38. The molecule has 4 atom stereocenters. The molecule has 7 nitrogen and oxygen atoms in total. The Balaban J connectivity index is 4.16. The van der Waals surface area contributed by atoms with Crippen molar-refractivity contribution in [2.24, 2.45) is 21.8 Å². The van der Waals surface area contributed by atoms with Gasteiger partial charge in [-0.1, -0.05) is 34.0 Å². The predicted octanol–water partition coefficient (Wildman–Crippen LogP) is 2.47. The molecule has 0 aromatic carbocycles. The summed E-state index contributed by atoms with van der Waals surface area (Å²) >= 11 is 0. The molecule has 0 fully saturated rings. The summed E-state index contributed by atoms with van der Waals surface area (Å²) in [7, 11) is -8.13. The van der Waals surface area contributed by atoms with Crippen LogP contribution in [-0.2, 0) is 26.2 Å². The van der Waals surface area contributed by atoms with E-state index in [-0.39, 0.29) is 17.0 Å². The monoisotopic (exact) mass is 478 g/mol. The van der Waals surface area contributed by atoms with Crippen LogP contribution in [0.1, 0.15) is 53.4 Å². The number of nitrogens with two attached hydrogens (primary N) is 2. The van der Waals surface area contributed by atoms with Gasteiger partial charge in [0, 0.05) is 56.9 Å². The molecular weight excluding hydrogens is 438 g/mol. The van der Waals surface area contributed by atoms with Gasteiger partial charge in [0.2, 0.25) is 0 Å². The first-order valence-corrected chi connectivity index (χ1v) is 16.5. The predicted molar refractivity (Wildman–Crippen MR) is 126 cm³/mol. The van der Waals surface area contributed by atoms with Gasteiger partial charge in [-0.05, 0) is 36.5 Å². The molecule has 6 N–H and O–H groups in total. The van der Waals surface area contributed by atoms with Gasteiger partial charge in [-0.25, -0.2) is 0 Å². The molecule has 170 valence electrons. The van der Waals surface area contributed by atoms with Crippen molar-refractivity contribution in [3.63, 3.8) is 0 Å². The van der Waals surface area contributed by atoms with Crippen molar-refractivity contribution in [1.29, 1.82) is 0 Å². The minimum absolute atomic E-state index is 0.0596. The van der Waals surface area contributed by atoms with Crippen LogP contribution in [0.25, 0.3) is 0 Å². The highest BCUT2D eigenvalue weighted by Crippen LogP contribution is 2.37. The van der Waals surface area contributed by atoms with E-state index in [1.807, 2.05) is 13.8 Å². The smallest absolute Gasteiger partial charge is 0.264 e. The Bertz CT molecular complexity index is 575. The van der Waals surface area contributed by atoms with E-state index in [4.69, 9.17) is 11.0 Å². The quantitative estimate of drug-likeness (QED) is 0.265. The summed E-state index contributed by atoms with van der Waals surface area (Å²) in [5.74, 6) is 1.82. The molecule has 28 heavy (non-hydrogen) atoms. The van der Waals surface area contributed by atoms with Crippen molar-refractivity contribution >= 4 is 42.7 Å². The Morgan fingerprint density at radius 2 is 1.14 bits per heavy atom. The van der Waals surface area contributed by atoms with Gasteiger partial charge in [0.25, 0.3) is 7.52 Å². The summed E-state index contributed by atoms with van der Waals surface area (Å²) in [6, 6.07) is 0. The molecule has 0 aromatic heterocycles. The van der Waals surface area contributed by atoms with Crippen LogP contribution < -0.4 is 11.0 Å². The van der Waals surface area contributed by atoms with Gasteiger partial charge in [0.15, 0.2) is 0 Å². The van der Waals surface area contributed by atoms with Crippen molar-refractivity contribution in [2.75, 3.05) is 35.3 Å². The van der Waals surface area contributed by atoms with Crippen LogP contribution in [0.4, 0.5) is 0 Å². The molecule has 0 saturated heterocycles. The fourth-order valence-corrected chi connectivity index (χ4v) is 7.75. The van der Waals surface area contributed by atoms with Crippen LogP contribution in [-0.4, -0.2) is 59.8 Å². The molecule has 11 heteroatoms. The Morgan fingerprint density at radius 1 is 0.786 bits per heavy atom. The van der Waals surface area contributed by atoms with E-state index in [0.29, 0.717) is 42.0 Å². The van der Waals surface area contributed by atoms with E-state index in [1.54, 1.807) is 0 Å². The van der Waals surface area contributed by atoms with Crippen LogP contribution >= 0.6 is 14.8 Å². The highest BCUT2D eigenvalue weighted by Gasteiger charge is 2.24. The lowest BCUT2D eigenvalue weighted by Gasteiger charge is -2.26. The summed E-state index contributed by atoms with van der Waals surface area (Å²) in [5, 5.41) is 0. The molecule has 0 amide bonds. The van der Waals surface area contributed by atoms with Gasteiger partial charge >= 0.3 is 0 Å². The summed E-state index contributed by atoms with van der Waals surface area (Å²) in [4.78, 5) is 18.8. The zero-order valence-electron chi connectivity index (χ0n) is 17.8. The third kappa shape index (κ3) is 17.5. The second-order valence-electron chi connectivity index (χ2n) is 9.21. The topological polar surface area (TPSA) is 144 Å². The Kier molecular flexibility index (Phi) is 12.2. The lowest BCUT2D eigenvalue weighted by atomic mass is 9.87. The van der Waals surface area contributed by atoms with Gasteiger partial charge in [-0.2, -0.15) is 0 Å². The number of hydrogen-bond donors (Lipinski definition) is 4. The molecular formula is C17H40N2O5P2S2. The molecule has 0 bridgehead atoms. The second kappa shape index (κ2) is 11.9. The average molecular weight is 479 g/mol. The SMILES string of the molecule is C=P(N)(O)CCC(C)(C)CCS(=O)CCS(=O)CCC(C)(C)CCP(N)(=O)O. The normalized spacial score (nSPS) is 19.6. The highest BCUT2D eigenvalue weighted by atomic mass is 32.2. The van der Waals surface area contributed by atoms with Gasteiger partial charge in [-0.15, -0.1) is 0 Å². The van der Waals surface area contributed by atoms with Crippen LogP contribution in [0.15, 0.2) is 0 Å². The Labute approximate surface area is 176 Å². The van der Waals surface area contributed by atoms with E-state index in [2.05, 4.69) is 20.1 Å². The maximum Gasteiger partial charge on any atom is 0.264 e. The molecule has 4 unspecified atom stereocenters. The standard InChI is InChI=1S/C17H40N2O5P2S2/c1-16(2,6-10-25(5,18)20)8-12-27(23)14-15-28(24)13-9-17(3,4)7-11-26(19,21)22/h20H,5-15,18H2,1-4H3,(H3,19,21,22). The second-order valence-corrected chi connectivity index (χ2v) is 17.0. The third-order valence-electron chi connectivity index (χ3n) is 4.84. The average Bonchev–Trinajstić information content (AvgIpc) is 2.52. The van der Waals surface area contributed by atoms with Gasteiger partial charge in [0.1, 0.15) is 0 Å². The lowest BCUT2D eigenvalue weighted by molar-refractivity contribution is 0.335. The van der Waals surface area contributed by atoms with Crippen molar-refractivity contribution in [3.05, 3.63) is 0 Å². The van der Waals surface area contributed by atoms with Crippen LogP contribution in [0.3, 0.4) is 0 Å². The van der Waals surface area contributed by atoms with Crippen LogP contribution in [0.2, 0.25) is 0 Å². The van der Waals surface area contributed by atoms with Crippen molar-refractivity contribution < 1.29 is 22.8 Å². The first-order chi connectivity index (χ1) is 12.4. The molecule has 0 aliphatic carbocycles. The Hall–Kier alpha value is 0.670. The third-order valence-corrected chi connectivity index (χ3v) is 9.60. The lowest BCUT2D eigenvalue weighted by Crippen LogP contribution is -2.22. The van der Waals surface area contributed by atoms with Crippen molar-refractivity contribution in [2.45, 2.75) is 53.4 Å². The van der Waals surface area contributed by atoms with Crippen molar-refractivity contribution in [1.82, 2.24) is 0 Å².